The number of rotatable bonds is 6. The van der Waals surface area contributed by atoms with Crippen molar-refractivity contribution in [2.24, 2.45) is 0 Å². The minimum Gasteiger partial charge on any atom is -0.369 e. The molecular formula is C26H33N5OS. The third-order valence-corrected chi connectivity index (χ3v) is 8.07. The quantitative estimate of drug-likeness (QED) is 0.592. The number of anilines is 2. The van der Waals surface area contributed by atoms with E-state index in [1.807, 2.05) is 18.2 Å². The molecule has 5 rings (SSSR count). The number of aromatic nitrogens is 1. The summed E-state index contributed by atoms with van der Waals surface area (Å²) < 4.78 is 1.25. The Morgan fingerprint density at radius 1 is 1.03 bits per heavy atom. The highest BCUT2D eigenvalue weighted by Crippen LogP contribution is 2.32. The number of hydrogen-bond acceptors (Lipinski definition) is 6. The van der Waals surface area contributed by atoms with Crippen molar-refractivity contribution in [1.29, 1.82) is 0 Å². The minimum atomic E-state index is 0.0595. The van der Waals surface area contributed by atoms with E-state index in [-0.39, 0.29) is 5.91 Å². The molecule has 33 heavy (non-hydrogen) atoms. The van der Waals surface area contributed by atoms with Crippen LogP contribution in [0.3, 0.4) is 0 Å². The first-order chi connectivity index (χ1) is 16.2. The Bertz CT molecular complexity index is 1040. The van der Waals surface area contributed by atoms with E-state index < -0.39 is 0 Å². The van der Waals surface area contributed by atoms with Crippen LogP contribution in [0.15, 0.2) is 48.5 Å². The Labute approximate surface area is 200 Å². The van der Waals surface area contributed by atoms with Crippen LogP contribution >= 0.6 is 11.3 Å². The largest absolute Gasteiger partial charge is 0.369 e. The van der Waals surface area contributed by atoms with Gasteiger partial charge in [-0.05, 0) is 62.3 Å². The number of carbonyl (C=O) groups is 1. The standard InChI is InChI=1S/C26H33N5OS/c1-2-29-14-16-31(17-15-29)22-11-9-21(10-12-22)27-25(32)19-30-13-5-6-20(18-30)26-28-23-7-3-4-8-24(23)33-26/h3-4,7-12,20H,2,5-6,13-19H2,1H3,(H,27,32)/t20-/m1/s1. The first kappa shape index (κ1) is 22.3. The van der Waals surface area contributed by atoms with Crippen LogP contribution in [-0.4, -0.2) is 73.0 Å². The summed E-state index contributed by atoms with van der Waals surface area (Å²) >= 11 is 1.80. The predicted molar refractivity (Wildman–Crippen MR) is 137 cm³/mol. The van der Waals surface area contributed by atoms with Crippen molar-refractivity contribution in [3.05, 3.63) is 53.5 Å². The maximum absolute atomic E-state index is 12.7. The molecule has 2 saturated heterocycles. The van der Waals surface area contributed by atoms with Gasteiger partial charge in [-0.2, -0.15) is 0 Å². The van der Waals surface area contributed by atoms with Gasteiger partial charge >= 0.3 is 0 Å². The summed E-state index contributed by atoms with van der Waals surface area (Å²) in [4.78, 5) is 24.8. The average Bonchev–Trinajstić information content (AvgIpc) is 3.29. The molecule has 0 saturated carbocycles. The van der Waals surface area contributed by atoms with Gasteiger partial charge in [0.25, 0.3) is 0 Å². The maximum atomic E-state index is 12.7. The molecule has 3 aromatic rings. The Kier molecular flexibility index (Phi) is 6.90. The molecule has 1 N–H and O–H groups in total. The van der Waals surface area contributed by atoms with E-state index in [1.54, 1.807) is 11.3 Å². The molecule has 0 aliphatic carbocycles. The fourth-order valence-corrected chi connectivity index (χ4v) is 6.04. The fraction of sp³-hybridized carbons (Fsp3) is 0.462. The van der Waals surface area contributed by atoms with E-state index >= 15 is 0 Å². The molecule has 0 bridgehead atoms. The molecule has 6 nitrogen and oxygen atoms in total. The molecule has 2 aliphatic rings. The van der Waals surface area contributed by atoms with Gasteiger partial charge in [-0.1, -0.05) is 19.1 Å². The lowest BCUT2D eigenvalue weighted by Gasteiger charge is -2.35. The highest BCUT2D eigenvalue weighted by molar-refractivity contribution is 7.18. The molecule has 1 amide bonds. The molecular weight excluding hydrogens is 430 g/mol. The number of hydrogen-bond donors (Lipinski definition) is 1. The van der Waals surface area contributed by atoms with E-state index in [4.69, 9.17) is 4.98 Å². The van der Waals surface area contributed by atoms with Crippen LogP contribution < -0.4 is 10.2 Å². The fourth-order valence-electron chi connectivity index (χ4n) is 4.95. The van der Waals surface area contributed by atoms with E-state index in [0.29, 0.717) is 12.5 Å². The van der Waals surface area contributed by atoms with E-state index in [2.05, 4.69) is 57.3 Å². The zero-order valence-corrected chi connectivity index (χ0v) is 20.2. The van der Waals surface area contributed by atoms with Gasteiger partial charge in [-0.25, -0.2) is 4.98 Å². The highest BCUT2D eigenvalue weighted by atomic mass is 32.1. The number of likely N-dealkylation sites (tertiary alicyclic amines) is 1. The zero-order valence-electron chi connectivity index (χ0n) is 19.4. The summed E-state index contributed by atoms with van der Waals surface area (Å²) in [6.45, 7) is 9.99. The molecule has 174 valence electrons. The zero-order chi connectivity index (χ0) is 22.6. The highest BCUT2D eigenvalue weighted by Gasteiger charge is 2.25. The van der Waals surface area contributed by atoms with Crippen molar-refractivity contribution in [1.82, 2.24) is 14.8 Å². The molecule has 0 spiro atoms. The lowest BCUT2D eigenvalue weighted by atomic mass is 9.99. The number of benzene rings is 2. The van der Waals surface area contributed by atoms with Crippen molar-refractivity contribution in [2.45, 2.75) is 25.7 Å². The second kappa shape index (κ2) is 10.2. The Hall–Kier alpha value is -2.48. The third kappa shape index (κ3) is 5.37. The lowest BCUT2D eigenvalue weighted by molar-refractivity contribution is -0.117. The van der Waals surface area contributed by atoms with Gasteiger partial charge in [0.15, 0.2) is 0 Å². The van der Waals surface area contributed by atoms with Gasteiger partial charge in [-0.3, -0.25) is 9.69 Å². The second-order valence-corrected chi connectivity index (χ2v) is 10.2. The number of carbonyl (C=O) groups excluding carboxylic acids is 1. The van der Waals surface area contributed by atoms with Crippen LogP contribution in [0.2, 0.25) is 0 Å². The van der Waals surface area contributed by atoms with Gasteiger partial charge in [0.2, 0.25) is 5.91 Å². The number of amides is 1. The first-order valence-electron chi connectivity index (χ1n) is 12.1. The van der Waals surface area contributed by atoms with Crippen molar-refractivity contribution in [3.8, 4) is 0 Å². The number of likely N-dealkylation sites (N-methyl/N-ethyl adjacent to an activating group) is 1. The van der Waals surface area contributed by atoms with Gasteiger partial charge in [0, 0.05) is 50.0 Å². The first-order valence-corrected chi connectivity index (χ1v) is 12.9. The van der Waals surface area contributed by atoms with Crippen LogP contribution in [0, 0.1) is 0 Å². The third-order valence-electron chi connectivity index (χ3n) is 6.87. The summed E-state index contributed by atoms with van der Waals surface area (Å²) in [5, 5.41) is 4.30. The number of thiazole rings is 1. The van der Waals surface area contributed by atoms with E-state index in [9.17, 15) is 4.79 Å². The second-order valence-electron chi connectivity index (χ2n) is 9.11. The molecule has 0 unspecified atom stereocenters. The Balaban J connectivity index is 1.14. The van der Waals surface area contributed by atoms with Gasteiger partial charge in [-0.15, -0.1) is 11.3 Å². The summed E-state index contributed by atoms with van der Waals surface area (Å²) in [6, 6.07) is 16.6. The Morgan fingerprint density at radius 3 is 2.58 bits per heavy atom. The van der Waals surface area contributed by atoms with Gasteiger partial charge in [0.1, 0.15) is 0 Å². The normalized spacial score (nSPS) is 20.3. The number of nitrogens with zero attached hydrogens (tertiary/aromatic N) is 4. The van der Waals surface area contributed by atoms with Crippen molar-refractivity contribution in [3.63, 3.8) is 0 Å². The van der Waals surface area contributed by atoms with E-state index in [0.717, 1.165) is 69.9 Å². The van der Waals surface area contributed by atoms with E-state index in [1.165, 1.54) is 15.4 Å². The molecule has 1 aromatic heterocycles. The molecule has 1 atom stereocenters. The van der Waals surface area contributed by atoms with Crippen LogP contribution in [0.4, 0.5) is 11.4 Å². The van der Waals surface area contributed by atoms with Gasteiger partial charge in [0.05, 0.1) is 21.8 Å². The lowest BCUT2D eigenvalue weighted by Crippen LogP contribution is -2.46. The molecule has 3 heterocycles. The minimum absolute atomic E-state index is 0.0595. The summed E-state index contributed by atoms with van der Waals surface area (Å²) in [7, 11) is 0. The molecule has 0 radical (unpaired) electrons. The van der Waals surface area contributed by atoms with Crippen LogP contribution in [0.25, 0.3) is 10.2 Å². The summed E-state index contributed by atoms with van der Waals surface area (Å²) in [5.74, 6) is 0.473. The molecule has 2 fully saturated rings. The number of piperidine rings is 1. The van der Waals surface area contributed by atoms with Gasteiger partial charge < -0.3 is 15.1 Å². The number of para-hydroxylation sites is 1. The van der Waals surface area contributed by atoms with Crippen LogP contribution in [0.1, 0.15) is 30.7 Å². The predicted octanol–water partition coefficient (Wildman–Crippen LogP) is 4.26. The smallest absolute Gasteiger partial charge is 0.238 e. The topological polar surface area (TPSA) is 51.7 Å². The summed E-state index contributed by atoms with van der Waals surface area (Å²) in [5.41, 5.74) is 3.19. The molecule has 2 aromatic carbocycles. The monoisotopic (exact) mass is 463 g/mol. The van der Waals surface area contributed by atoms with Crippen molar-refractivity contribution < 1.29 is 4.79 Å². The average molecular weight is 464 g/mol. The number of piperazine rings is 1. The Morgan fingerprint density at radius 2 is 1.82 bits per heavy atom. The SMILES string of the molecule is CCN1CCN(c2ccc(NC(=O)CN3CCC[C@@H](c4nc5ccccc5s4)C3)cc2)CC1. The van der Waals surface area contributed by atoms with Crippen molar-refractivity contribution >= 4 is 38.8 Å². The summed E-state index contributed by atoms with van der Waals surface area (Å²) in [6.07, 6.45) is 2.25. The molecule has 2 aliphatic heterocycles. The van der Waals surface area contributed by atoms with Crippen molar-refractivity contribution in [2.75, 3.05) is 62.6 Å². The van der Waals surface area contributed by atoms with Crippen LogP contribution in [-0.2, 0) is 4.79 Å². The maximum Gasteiger partial charge on any atom is 0.238 e. The number of nitrogens with one attached hydrogen (secondary N) is 1. The molecule has 7 heteroatoms. The van der Waals surface area contributed by atoms with Crippen LogP contribution in [0.5, 0.6) is 0 Å². The number of fused-ring (bicyclic) bond motifs is 1.